The largest absolute Gasteiger partial charge is 0.299 e. The van der Waals surface area contributed by atoms with Gasteiger partial charge in [0.25, 0.3) is 0 Å². The standard InChI is InChI=1S/C9H18ClN/c1-9(8-10)11-6-4-2-3-5-7-11/h9H,2-8H2,1H3/t9-/m0/s1. The monoisotopic (exact) mass is 175 g/mol. The lowest BCUT2D eigenvalue weighted by molar-refractivity contribution is 0.233. The first-order valence-corrected chi connectivity index (χ1v) is 5.18. The van der Waals surface area contributed by atoms with Crippen molar-refractivity contribution in [1.29, 1.82) is 0 Å². The van der Waals surface area contributed by atoms with Gasteiger partial charge in [-0.15, -0.1) is 11.6 Å². The summed E-state index contributed by atoms with van der Waals surface area (Å²) in [6.45, 7) is 4.74. The molecule has 1 rings (SSSR count). The van der Waals surface area contributed by atoms with Crippen LogP contribution in [0.2, 0.25) is 0 Å². The highest BCUT2D eigenvalue weighted by Gasteiger charge is 2.13. The zero-order valence-electron chi connectivity index (χ0n) is 7.35. The molecule has 66 valence electrons. The van der Waals surface area contributed by atoms with Gasteiger partial charge in [-0.1, -0.05) is 12.8 Å². The number of halogens is 1. The van der Waals surface area contributed by atoms with Crippen LogP contribution in [0.15, 0.2) is 0 Å². The van der Waals surface area contributed by atoms with Crippen LogP contribution in [-0.2, 0) is 0 Å². The van der Waals surface area contributed by atoms with Crippen LogP contribution in [0.4, 0.5) is 0 Å². The molecule has 0 radical (unpaired) electrons. The lowest BCUT2D eigenvalue weighted by Crippen LogP contribution is -2.34. The lowest BCUT2D eigenvalue weighted by atomic mass is 10.2. The third-order valence-electron chi connectivity index (χ3n) is 2.49. The topological polar surface area (TPSA) is 3.24 Å². The van der Waals surface area contributed by atoms with E-state index in [-0.39, 0.29) is 0 Å². The van der Waals surface area contributed by atoms with E-state index < -0.39 is 0 Å². The number of alkyl halides is 1. The minimum atomic E-state index is 0.578. The van der Waals surface area contributed by atoms with E-state index in [2.05, 4.69) is 11.8 Å². The summed E-state index contributed by atoms with van der Waals surface area (Å²) in [5.41, 5.74) is 0. The first-order chi connectivity index (χ1) is 5.34. The predicted molar refractivity (Wildman–Crippen MR) is 50.2 cm³/mol. The van der Waals surface area contributed by atoms with E-state index in [0.717, 1.165) is 5.88 Å². The Hall–Kier alpha value is 0.250. The molecule has 1 atom stereocenters. The highest BCUT2D eigenvalue weighted by atomic mass is 35.5. The molecule has 0 unspecified atom stereocenters. The van der Waals surface area contributed by atoms with Crippen molar-refractivity contribution >= 4 is 11.6 Å². The van der Waals surface area contributed by atoms with Crippen LogP contribution in [0.3, 0.4) is 0 Å². The molecule has 2 heteroatoms. The SMILES string of the molecule is C[C@@H](CCl)N1CCCCCC1. The fraction of sp³-hybridized carbons (Fsp3) is 1.00. The van der Waals surface area contributed by atoms with Crippen LogP contribution in [0.5, 0.6) is 0 Å². The second kappa shape index (κ2) is 5.00. The van der Waals surface area contributed by atoms with E-state index >= 15 is 0 Å². The number of rotatable bonds is 2. The number of likely N-dealkylation sites (tertiary alicyclic amines) is 1. The zero-order chi connectivity index (χ0) is 8.10. The van der Waals surface area contributed by atoms with Crippen molar-refractivity contribution in [2.24, 2.45) is 0 Å². The normalized spacial score (nSPS) is 24.5. The van der Waals surface area contributed by atoms with Crippen LogP contribution in [0.1, 0.15) is 32.6 Å². The van der Waals surface area contributed by atoms with Gasteiger partial charge in [0.15, 0.2) is 0 Å². The van der Waals surface area contributed by atoms with Crippen molar-refractivity contribution in [1.82, 2.24) is 4.90 Å². The van der Waals surface area contributed by atoms with Crippen molar-refractivity contribution in [3.8, 4) is 0 Å². The minimum Gasteiger partial charge on any atom is -0.299 e. The number of hydrogen-bond acceptors (Lipinski definition) is 1. The minimum absolute atomic E-state index is 0.578. The summed E-state index contributed by atoms with van der Waals surface area (Å²) >= 11 is 5.80. The third kappa shape index (κ3) is 3.00. The first kappa shape index (κ1) is 9.34. The first-order valence-electron chi connectivity index (χ1n) is 4.64. The van der Waals surface area contributed by atoms with Gasteiger partial charge in [0, 0.05) is 11.9 Å². The van der Waals surface area contributed by atoms with E-state index in [9.17, 15) is 0 Å². The van der Waals surface area contributed by atoms with Crippen molar-refractivity contribution in [3.05, 3.63) is 0 Å². The van der Waals surface area contributed by atoms with Gasteiger partial charge in [0.2, 0.25) is 0 Å². The van der Waals surface area contributed by atoms with Crippen molar-refractivity contribution in [2.75, 3.05) is 19.0 Å². The van der Waals surface area contributed by atoms with Crippen molar-refractivity contribution in [2.45, 2.75) is 38.6 Å². The van der Waals surface area contributed by atoms with E-state index in [1.807, 2.05) is 0 Å². The maximum atomic E-state index is 5.80. The van der Waals surface area contributed by atoms with Gasteiger partial charge in [0.1, 0.15) is 0 Å². The quantitative estimate of drug-likeness (QED) is 0.583. The third-order valence-corrected chi connectivity index (χ3v) is 2.93. The molecule has 0 aromatic rings. The summed E-state index contributed by atoms with van der Waals surface area (Å²) in [6.07, 6.45) is 5.54. The maximum Gasteiger partial charge on any atom is 0.0376 e. The van der Waals surface area contributed by atoms with E-state index in [1.165, 1.54) is 38.8 Å². The van der Waals surface area contributed by atoms with E-state index in [1.54, 1.807) is 0 Å². The Balaban J connectivity index is 2.30. The molecule has 1 heterocycles. The highest BCUT2D eigenvalue weighted by molar-refractivity contribution is 6.18. The molecule has 0 aromatic heterocycles. The second-order valence-corrected chi connectivity index (χ2v) is 3.76. The van der Waals surface area contributed by atoms with Crippen LogP contribution >= 0.6 is 11.6 Å². The molecule has 0 saturated carbocycles. The summed E-state index contributed by atoms with van der Waals surface area (Å²) in [5, 5.41) is 0. The average Bonchev–Trinajstić information content (AvgIpc) is 2.30. The highest BCUT2D eigenvalue weighted by Crippen LogP contribution is 2.12. The molecule has 0 bridgehead atoms. The second-order valence-electron chi connectivity index (χ2n) is 3.45. The molecule has 0 spiro atoms. The number of nitrogens with zero attached hydrogens (tertiary/aromatic N) is 1. The van der Waals surface area contributed by atoms with Crippen LogP contribution < -0.4 is 0 Å². The van der Waals surface area contributed by atoms with Gasteiger partial charge in [-0.3, -0.25) is 4.90 Å². The smallest absolute Gasteiger partial charge is 0.0376 e. The number of hydrogen-bond donors (Lipinski definition) is 0. The Morgan fingerprint density at radius 1 is 1.18 bits per heavy atom. The van der Waals surface area contributed by atoms with Crippen LogP contribution in [0, 0.1) is 0 Å². The molecule has 11 heavy (non-hydrogen) atoms. The Morgan fingerprint density at radius 3 is 2.18 bits per heavy atom. The molecule has 0 aliphatic carbocycles. The summed E-state index contributed by atoms with van der Waals surface area (Å²) in [6, 6.07) is 0.578. The average molecular weight is 176 g/mol. The lowest BCUT2D eigenvalue weighted by Gasteiger charge is -2.25. The summed E-state index contributed by atoms with van der Waals surface area (Å²) in [7, 11) is 0. The van der Waals surface area contributed by atoms with Gasteiger partial charge in [-0.2, -0.15) is 0 Å². The molecule has 0 aromatic carbocycles. The zero-order valence-corrected chi connectivity index (χ0v) is 8.11. The van der Waals surface area contributed by atoms with E-state index in [0.29, 0.717) is 6.04 Å². The molecule has 0 N–H and O–H groups in total. The Labute approximate surface area is 74.7 Å². The summed E-state index contributed by atoms with van der Waals surface area (Å²) in [4.78, 5) is 2.51. The maximum absolute atomic E-state index is 5.80. The fourth-order valence-corrected chi connectivity index (χ4v) is 1.83. The molecular weight excluding hydrogens is 158 g/mol. The van der Waals surface area contributed by atoms with Gasteiger partial charge in [-0.05, 0) is 32.9 Å². The summed E-state index contributed by atoms with van der Waals surface area (Å²) in [5.74, 6) is 0.778. The fourth-order valence-electron chi connectivity index (χ4n) is 1.63. The van der Waals surface area contributed by atoms with Gasteiger partial charge in [-0.25, -0.2) is 0 Å². The molecular formula is C9H18ClN. The van der Waals surface area contributed by atoms with Crippen LogP contribution in [0.25, 0.3) is 0 Å². The summed E-state index contributed by atoms with van der Waals surface area (Å²) < 4.78 is 0. The Kier molecular flexibility index (Phi) is 4.24. The van der Waals surface area contributed by atoms with E-state index in [4.69, 9.17) is 11.6 Å². The van der Waals surface area contributed by atoms with Crippen LogP contribution in [-0.4, -0.2) is 29.9 Å². The van der Waals surface area contributed by atoms with Crippen molar-refractivity contribution < 1.29 is 0 Å². The molecule has 1 aliphatic rings. The molecule has 0 amide bonds. The van der Waals surface area contributed by atoms with Gasteiger partial charge in [0.05, 0.1) is 0 Å². The molecule has 1 saturated heterocycles. The predicted octanol–water partition coefficient (Wildman–Crippen LogP) is 2.49. The Morgan fingerprint density at radius 2 is 1.73 bits per heavy atom. The van der Waals surface area contributed by atoms with Gasteiger partial charge >= 0.3 is 0 Å². The Bertz CT molecular complexity index is 97.7. The van der Waals surface area contributed by atoms with Crippen molar-refractivity contribution in [3.63, 3.8) is 0 Å². The molecule has 1 nitrogen and oxygen atoms in total. The molecule has 1 aliphatic heterocycles. The molecule has 1 fully saturated rings. The van der Waals surface area contributed by atoms with Gasteiger partial charge < -0.3 is 0 Å².